The molecule has 3 N–H and O–H groups in total. The summed E-state index contributed by atoms with van der Waals surface area (Å²) in [7, 11) is 0. The number of halogens is 1. The Labute approximate surface area is 92.5 Å². The molecule has 82 valence electrons. The lowest BCUT2D eigenvalue weighted by Crippen LogP contribution is -2.07. The lowest BCUT2D eigenvalue weighted by molar-refractivity contribution is 0.153. The normalized spacial score (nSPS) is 15.4. The predicted molar refractivity (Wildman–Crippen MR) is 56.2 cm³/mol. The van der Waals surface area contributed by atoms with Crippen LogP contribution in [-0.4, -0.2) is 18.4 Å². The number of rotatable bonds is 3. The summed E-state index contributed by atoms with van der Waals surface area (Å²) in [4.78, 5) is 0. The van der Waals surface area contributed by atoms with E-state index in [1.165, 1.54) is 0 Å². The van der Waals surface area contributed by atoms with Gasteiger partial charge in [-0.15, -0.1) is 0 Å². The van der Waals surface area contributed by atoms with Crippen LogP contribution in [0.5, 0.6) is 11.5 Å². The Bertz CT molecular complexity index is 370. The number of nitrogens with two attached hydrogens (primary N) is 1. The minimum atomic E-state index is -0.663. The van der Waals surface area contributed by atoms with Gasteiger partial charge in [0.1, 0.15) is 0 Å². The van der Waals surface area contributed by atoms with Crippen LogP contribution in [0, 0.1) is 0 Å². The maximum absolute atomic E-state index is 9.83. The van der Waals surface area contributed by atoms with Crippen LogP contribution < -0.4 is 15.2 Å². The van der Waals surface area contributed by atoms with Gasteiger partial charge in [-0.25, -0.2) is 0 Å². The van der Waals surface area contributed by atoms with Gasteiger partial charge < -0.3 is 20.3 Å². The third kappa shape index (κ3) is 2.02. The zero-order valence-corrected chi connectivity index (χ0v) is 8.83. The Morgan fingerprint density at radius 1 is 1.47 bits per heavy atom. The highest BCUT2D eigenvalue weighted by atomic mass is 35.5. The number of ether oxygens (including phenoxy) is 2. The Kier molecular flexibility index (Phi) is 3.00. The number of benzene rings is 1. The summed E-state index contributed by atoms with van der Waals surface area (Å²) in [6.45, 7) is 0.571. The molecule has 0 fully saturated rings. The molecule has 1 unspecified atom stereocenters. The van der Waals surface area contributed by atoms with Gasteiger partial charge in [-0.2, -0.15) is 0 Å². The summed E-state index contributed by atoms with van der Waals surface area (Å²) in [6.07, 6.45) is -0.194. The molecule has 0 spiro atoms. The predicted octanol–water partition coefficient (Wildman–Crippen LogP) is 1.45. The van der Waals surface area contributed by atoms with Crippen molar-refractivity contribution in [3.05, 3.63) is 22.7 Å². The molecule has 0 saturated heterocycles. The zero-order chi connectivity index (χ0) is 10.8. The van der Waals surface area contributed by atoms with Crippen molar-refractivity contribution in [1.29, 1.82) is 0 Å². The lowest BCUT2D eigenvalue weighted by Gasteiger charge is -2.12. The summed E-state index contributed by atoms with van der Waals surface area (Å²) < 4.78 is 10.5. The van der Waals surface area contributed by atoms with E-state index in [1.54, 1.807) is 12.1 Å². The van der Waals surface area contributed by atoms with Crippen molar-refractivity contribution >= 4 is 11.6 Å². The third-order valence-electron chi connectivity index (χ3n) is 2.27. The van der Waals surface area contributed by atoms with Gasteiger partial charge in [0.2, 0.25) is 6.79 Å². The van der Waals surface area contributed by atoms with E-state index in [9.17, 15) is 5.11 Å². The maximum atomic E-state index is 9.83. The minimum absolute atomic E-state index is 0.165. The standard InChI is InChI=1S/C10H12ClNO3/c11-6-3-7(8(13)1-2-12)10-9(4-6)14-5-15-10/h3-4,8,13H,1-2,5,12H2. The van der Waals surface area contributed by atoms with E-state index >= 15 is 0 Å². The van der Waals surface area contributed by atoms with E-state index in [1.807, 2.05) is 0 Å². The van der Waals surface area contributed by atoms with E-state index in [0.29, 0.717) is 35.1 Å². The molecule has 15 heavy (non-hydrogen) atoms. The first-order valence-corrected chi connectivity index (χ1v) is 5.07. The summed E-state index contributed by atoms with van der Waals surface area (Å²) in [5.41, 5.74) is 6.02. The summed E-state index contributed by atoms with van der Waals surface area (Å²) in [5.74, 6) is 1.15. The van der Waals surface area contributed by atoms with Gasteiger partial charge in [0, 0.05) is 16.7 Å². The number of aliphatic hydroxyl groups is 1. The first-order chi connectivity index (χ1) is 7.22. The van der Waals surface area contributed by atoms with Gasteiger partial charge in [-0.3, -0.25) is 0 Å². The average Bonchev–Trinajstić information content (AvgIpc) is 2.64. The van der Waals surface area contributed by atoms with Gasteiger partial charge in [-0.05, 0) is 19.0 Å². The third-order valence-corrected chi connectivity index (χ3v) is 2.48. The fourth-order valence-electron chi connectivity index (χ4n) is 1.56. The van der Waals surface area contributed by atoms with Gasteiger partial charge in [0.25, 0.3) is 0 Å². The van der Waals surface area contributed by atoms with Crippen LogP contribution in [0.3, 0.4) is 0 Å². The minimum Gasteiger partial charge on any atom is -0.454 e. The summed E-state index contributed by atoms with van der Waals surface area (Å²) in [5, 5.41) is 10.4. The van der Waals surface area contributed by atoms with Crippen LogP contribution in [0.1, 0.15) is 18.1 Å². The Morgan fingerprint density at radius 3 is 3.00 bits per heavy atom. The molecular weight excluding hydrogens is 218 g/mol. The van der Waals surface area contributed by atoms with E-state index < -0.39 is 6.10 Å². The first kappa shape index (κ1) is 10.5. The largest absolute Gasteiger partial charge is 0.454 e. The fraction of sp³-hybridized carbons (Fsp3) is 0.400. The van der Waals surface area contributed by atoms with Crippen molar-refractivity contribution in [1.82, 2.24) is 0 Å². The highest BCUT2D eigenvalue weighted by Crippen LogP contribution is 2.41. The van der Waals surface area contributed by atoms with Crippen LogP contribution in [0.25, 0.3) is 0 Å². The van der Waals surface area contributed by atoms with Crippen LogP contribution in [0.2, 0.25) is 5.02 Å². The first-order valence-electron chi connectivity index (χ1n) is 4.69. The van der Waals surface area contributed by atoms with E-state index in [-0.39, 0.29) is 6.79 Å². The van der Waals surface area contributed by atoms with Crippen molar-refractivity contribution in [3.8, 4) is 11.5 Å². The molecule has 0 aliphatic carbocycles. The van der Waals surface area contributed by atoms with Gasteiger partial charge in [0.05, 0.1) is 6.10 Å². The van der Waals surface area contributed by atoms with Crippen LogP contribution >= 0.6 is 11.6 Å². The Balaban J connectivity index is 2.37. The Morgan fingerprint density at radius 2 is 2.27 bits per heavy atom. The van der Waals surface area contributed by atoms with Crippen molar-refractivity contribution in [2.24, 2.45) is 5.73 Å². The van der Waals surface area contributed by atoms with E-state index in [0.717, 1.165) is 0 Å². The molecule has 0 bridgehead atoms. The van der Waals surface area contributed by atoms with Crippen LogP contribution in [0.4, 0.5) is 0 Å². The lowest BCUT2D eigenvalue weighted by atomic mass is 10.1. The molecule has 5 heteroatoms. The van der Waals surface area contributed by atoms with Crippen molar-refractivity contribution in [2.45, 2.75) is 12.5 Å². The summed E-state index contributed by atoms with van der Waals surface area (Å²) in [6, 6.07) is 3.35. The van der Waals surface area contributed by atoms with Crippen molar-refractivity contribution in [3.63, 3.8) is 0 Å². The number of fused-ring (bicyclic) bond motifs is 1. The van der Waals surface area contributed by atoms with Crippen LogP contribution in [-0.2, 0) is 0 Å². The molecule has 1 aliphatic heterocycles. The second-order valence-corrected chi connectivity index (χ2v) is 3.76. The SMILES string of the molecule is NCCC(O)c1cc(Cl)cc2c1OCO2. The quantitative estimate of drug-likeness (QED) is 0.824. The second kappa shape index (κ2) is 4.26. The molecule has 1 aromatic rings. The van der Waals surface area contributed by atoms with Gasteiger partial charge >= 0.3 is 0 Å². The molecule has 0 aromatic heterocycles. The second-order valence-electron chi connectivity index (χ2n) is 3.32. The molecule has 0 radical (unpaired) electrons. The van der Waals surface area contributed by atoms with Gasteiger partial charge in [-0.1, -0.05) is 11.6 Å². The highest BCUT2D eigenvalue weighted by Gasteiger charge is 2.22. The molecule has 0 amide bonds. The molecule has 1 heterocycles. The van der Waals surface area contributed by atoms with Crippen LogP contribution in [0.15, 0.2) is 12.1 Å². The summed E-state index contributed by atoms with van der Waals surface area (Å²) >= 11 is 5.89. The maximum Gasteiger partial charge on any atom is 0.231 e. The van der Waals surface area contributed by atoms with Crippen molar-refractivity contribution in [2.75, 3.05) is 13.3 Å². The van der Waals surface area contributed by atoms with E-state index in [2.05, 4.69) is 0 Å². The molecule has 2 rings (SSSR count). The molecule has 0 saturated carbocycles. The Hall–Kier alpha value is -0.970. The topological polar surface area (TPSA) is 64.7 Å². The number of aliphatic hydroxyl groups excluding tert-OH is 1. The molecule has 1 aromatic carbocycles. The molecule has 4 nitrogen and oxygen atoms in total. The highest BCUT2D eigenvalue weighted by molar-refractivity contribution is 6.30. The number of hydrogen-bond donors (Lipinski definition) is 2. The van der Waals surface area contributed by atoms with E-state index in [4.69, 9.17) is 26.8 Å². The van der Waals surface area contributed by atoms with Crippen molar-refractivity contribution < 1.29 is 14.6 Å². The fourth-order valence-corrected chi connectivity index (χ4v) is 1.78. The molecule has 1 aliphatic rings. The molecular formula is C10H12ClNO3. The van der Waals surface area contributed by atoms with Gasteiger partial charge in [0.15, 0.2) is 11.5 Å². The molecule has 1 atom stereocenters. The average molecular weight is 230 g/mol. The monoisotopic (exact) mass is 229 g/mol. The zero-order valence-electron chi connectivity index (χ0n) is 8.07. The number of hydrogen-bond acceptors (Lipinski definition) is 4. The smallest absolute Gasteiger partial charge is 0.231 e.